The average Bonchev–Trinajstić information content (AvgIpc) is 3.00. The standard InChI is InChI=1S/C19H13BrOS/c20-19-13-12-18(22-19)16-9-5-4-6-14(16)10-11-17(21)15-7-2-1-3-8-15/h1-13H. The van der Waals surface area contributed by atoms with E-state index >= 15 is 0 Å². The van der Waals surface area contributed by atoms with Crippen molar-refractivity contribution in [3.05, 3.63) is 87.7 Å². The lowest BCUT2D eigenvalue weighted by molar-refractivity contribution is 0.104. The zero-order valence-electron chi connectivity index (χ0n) is 11.7. The minimum absolute atomic E-state index is 0.0164. The van der Waals surface area contributed by atoms with Crippen LogP contribution in [0.25, 0.3) is 16.5 Å². The van der Waals surface area contributed by atoms with Gasteiger partial charge in [-0.1, -0.05) is 60.7 Å². The van der Waals surface area contributed by atoms with Crippen molar-refractivity contribution in [2.75, 3.05) is 0 Å². The van der Waals surface area contributed by atoms with Gasteiger partial charge in [0.2, 0.25) is 0 Å². The lowest BCUT2D eigenvalue weighted by atomic mass is 10.0. The molecule has 0 aliphatic heterocycles. The third kappa shape index (κ3) is 3.43. The van der Waals surface area contributed by atoms with Crippen LogP contribution >= 0.6 is 27.3 Å². The van der Waals surface area contributed by atoms with E-state index in [9.17, 15) is 4.79 Å². The van der Waals surface area contributed by atoms with Crippen LogP contribution in [-0.4, -0.2) is 5.78 Å². The number of hydrogen-bond donors (Lipinski definition) is 0. The van der Waals surface area contributed by atoms with E-state index in [-0.39, 0.29) is 5.78 Å². The molecular formula is C19H13BrOS. The van der Waals surface area contributed by atoms with Crippen LogP contribution in [0.2, 0.25) is 0 Å². The van der Waals surface area contributed by atoms with Gasteiger partial charge in [0.25, 0.3) is 0 Å². The summed E-state index contributed by atoms with van der Waals surface area (Å²) >= 11 is 5.18. The first kappa shape index (κ1) is 14.9. The summed E-state index contributed by atoms with van der Waals surface area (Å²) in [5.41, 5.74) is 2.88. The quantitative estimate of drug-likeness (QED) is 0.403. The highest BCUT2D eigenvalue weighted by Gasteiger charge is 2.06. The van der Waals surface area contributed by atoms with E-state index in [0.717, 1.165) is 14.9 Å². The van der Waals surface area contributed by atoms with Crippen LogP contribution in [0.4, 0.5) is 0 Å². The van der Waals surface area contributed by atoms with Crippen molar-refractivity contribution in [1.29, 1.82) is 0 Å². The molecule has 108 valence electrons. The molecular weight excluding hydrogens is 356 g/mol. The molecule has 22 heavy (non-hydrogen) atoms. The molecule has 1 aromatic heterocycles. The van der Waals surface area contributed by atoms with Gasteiger partial charge in [-0.2, -0.15) is 0 Å². The second kappa shape index (κ2) is 6.86. The summed E-state index contributed by atoms with van der Waals surface area (Å²) in [7, 11) is 0. The van der Waals surface area contributed by atoms with E-state index < -0.39 is 0 Å². The van der Waals surface area contributed by atoms with Gasteiger partial charge >= 0.3 is 0 Å². The fourth-order valence-corrected chi connectivity index (χ4v) is 3.62. The normalized spacial score (nSPS) is 11.0. The molecule has 2 aromatic carbocycles. The molecule has 3 heteroatoms. The summed E-state index contributed by atoms with van der Waals surface area (Å²) in [6, 6.07) is 21.5. The van der Waals surface area contributed by atoms with Crippen LogP contribution in [0.15, 0.2) is 76.6 Å². The third-order valence-electron chi connectivity index (χ3n) is 3.27. The molecule has 1 heterocycles. The molecule has 0 atom stereocenters. The van der Waals surface area contributed by atoms with Crippen LogP contribution in [0.5, 0.6) is 0 Å². The van der Waals surface area contributed by atoms with Crippen molar-refractivity contribution in [3.63, 3.8) is 0 Å². The number of benzene rings is 2. The van der Waals surface area contributed by atoms with Crippen LogP contribution < -0.4 is 0 Å². The first-order valence-electron chi connectivity index (χ1n) is 6.86. The van der Waals surface area contributed by atoms with E-state index in [1.807, 2.05) is 60.7 Å². The van der Waals surface area contributed by atoms with Crippen LogP contribution in [0.3, 0.4) is 0 Å². The number of carbonyl (C=O) groups excluding carboxylic acids is 1. The van der Waals surface area contributed by atoms with Crippen molar-refractivity contribution in [2.24, 2.45) is 0 Å². The summed E-state index contributed by atoms with van der Waals surface area (Å²) in [5, 5.41) is 0. The average molecular weight is 369 g/mol. The van der Waals surface area contributed by atoms with E-state index in [1.165, 1.54) is 4.88 Å². The molecule has 0 aliphatic rings. The van der Waals surface area contributed by atoms with Gasteiger partial charge in [-0.05, 0) is 45.3 Å². The molecule has 0 bridgehead atoms. The second-order valence-electron chi connectivity index (χ2n) is 4.75. The van der Waals surface area contributed by atoms with Crippen molar-refractivity contribution in [2.45, 2.75) is 0 Å². The number of halogens is 1. The molecule has 0 unspecified atom stereocenters. The van der Waals surface area contributed by atoms with E-state index in [1.54, 1.807) is 17.4 Å². The Morgan fingerprint density at radius 2 is 1.64 bits per heavy atom. The zero-order valence-corrected chi connectivity index (χ0v) is 14.1. The van der Waals surface area contributed by atoms with Gasteiger partial charge in [-0.15, -0.1) is 11.3 Å². The highest BCUT2D eigenvalue weighted by molar-refractivity contribution is 9.11. The number of ketones is 1. The topological polar surface area (TPSA) is 17.1 Å². The van der Waals surface area contributed by atoms with Crippen molar-refractivity contribution >= 4 is 39.1 Å². The summed E-state index contributed by atoms with van der Waals surface area (Å²) in [6.45, 7) is 0. The molecule has 0 spiro atoms. The lowest BCUT2D eigenvalue weighted by Gasteiger charge is -2.03. The Balaban J connectivity index is 1.90. The molecule has 0 fully saturated rings. The van der Waals surface area contributed by atoms with Crippen LogP contribution in [-0.2, 0) is 0 Å². The molecule has 0 aliphatic carbocycles. The number of hydrogen-bond acceptors (Lipinski definition) is 2. The predicted octanol–water partition coefficient (Wildman–Crippen LogP) is 6.07. The maximum absolute atomic E-state index is 12.2. The van der Waals surface area contributed by atoms with Crippen molar-refractivity contribution in [1.82, 2.24) is 0 Å². The van der Waals surface area contributed by atoms with Gasteiger partial charge in [0.05, 0.1) is 3.79 Å². The maximum Gasteiger partial charge on any atom is 0.185 e. The van der Waals surface area contributed by atoms with Gasteiger partial charge < -0.3 is 0 Å². The van der Waals surface area contributed by atoms with Crippen molar-refractivity contribution in [3.8, 4) is 10.4 Å². The first-order chi connectivity index (χ1) is 10.7. The maximum atomic E-state index is 12.2. The zero-order chi connectivity index (χ0) is 15.4. The molecule has 0 saturated heterocycles. The predicted molar refractivity (Wildman–Crippen MR) is 97.3 cm³/mol. The Kier molecular flexibility index (Phi) is 4.66. The smallest absolute Gasteiger partial charge is 0.185 e. The number of carbonyl (C=O) groups is 1. The molecule has 0 amide bonds. The van der Waals surface area contributed by atoms with E-state index in [4.69, 9.17) is 0 Å². The molecule has 3 aromatic rings. The monoisotopic (exact) mass is 368 g/mol. The van der Waals surface area contributed by atoms with Gasteiger partial charge in [-0.25, -0.2) is 0 Å². The molecule has 0 N–H and O–H groups in total. The number of thiophene rings is 1. The fourth-order valence-electron chi connectivity index (χ4n) is 2.19. The minimum atomic E-state index is 0.0164. The second-order valence-corrected chi connectivity index (χ2v) is 7.22. The molecule has 0 radical (unpaired) electrons. The Bertz CT molecular complexity index is 818. The van der Waals surface area contributed by atoms with Crippen LogP contribution in [0.1, 0.15) is 15.9 Å². The Morgan fingerprint density at radius 3 is 2.36 bits per heavy atom. The van der Waals surface area contributed by atoms with E-state index in [0.29, 0.717) is 5.56 Å². The molecule has 3 rings (SSSR count). The highest BCUT2D eigenvalue weighted by atomic mass is 79.9. The summed E-state index contributed by atoms with van der Waals surface area (Å²) in [6.07, 6.45) is 3.52. The largest absolute Gasteiger partial charge is 0.289 e. The van der Waals surface area contributed by atoms with Crippen molar-refractivity contribution < 1.29 is 4.79 Å². The minimum Gasteiger partial charge on any atom is -0.289 e. The van der Waals surface area contributed by atoms with Gasteiger partial charge in [0.1, 0.15) is 0 Å². The fraction of sp³-hybridized carbons (Fsp3) is 0. The lowest BCUT2D eigenvalue weighted by Crippen LogP contribution is -1.93. The van der Waals surface area contributed by atoms with Gasteiger partial charge in [-0.3, -0.25) is 4.79 Å². The summed E-state index contributed by atoms with van der Waals surface area (Å²) < 4.78 is 1.10. The highest BCUT2D eigenvalue weighted by Crippen LogP contribution is 2.33. The molecule has 0 saturated carbocycles. The SMILES string of the molecule is O=C(C=Cc1ccccc1-c1ccc(Br)s1)c1ccccc1. The first-order valence-corrected chi connectivity index (χ1v) is 8.47. The Morgan fingerprint density at radius 1 is 0.909 bits per heavy atom. The Hall–Kier alpha value is -1.97. The summed E-state index contributed by atoms with van der Waals surface area (Å²) in [5.74, 6) is 0.0164. The summed E-state index contributed by atoms with van der Waals surface area (Å²) in [4.78, 5) is 13.4. The number of rotatable bonds is 4. The van der Waals surface area contributed by atoms with Gasteiger partial charge in [0, 0.05) is 10.4 Å². The van der Waals surface area contributed by atoms with Gasteiger partial charge in [0.15, 0.2) is 5.78 Å². The third-order valence-corrected chi connectivity index (χ3v) is 4.93. The number of allylic oxidation sites excluding steroid dienone is 1. The van der Waals surface area contributed by atoms with E-state index in [2.05, 4.69) is 28.1 Å². The van der Waals surface area contributed by atoms with Crippen LogP contribution in [0, 0.1) is 0 Å². The molecule has 1 nitrogen and oxygen atoms in total. The Labute approximate surface area is 142 Å².